The van der Waals surface area contributed by atoms with Gasteiger partial charge in [-0.1, -0.05) is 18.2 Å². The van der Waals surface area contributed by atoms with Gasteiger partial charge in [0.1, 0.15) is 5.54 Å². The number of carbonyl (C=O) groups is 2. The van der Waals surface area contributed by atoms with Crippen molar-refractivity contribution in [2.75, 3.05) is 7.05 Å². The molecular formula is C16H18N2O3. The van der Waals surface area contributed by atoms with E-state index in [1.165, 1.54) is 25.8 Å². The second kappa shape index (κ2) is 5.16. The highest BCUT2D eigenvalue weighted by Gasteiger charge is 2.36. The average molecular weight is 286 g/mol. The average Bonchev–Trinajstić information content (AvgIpc) is 2.44. The number of likely N-dealkylation sites (N-methyl/N-ethyl adjacent to an activating group) is 1. The van der Waals surface area contributed by atoms with E-state index in [-0.39, 0.29) is 5.91 Å². The smallest absolute Gasteiger partial charge is 0.329 e. The minimum absolute atomic E-state index is 0.355. The van der Waals surface area contributed by atoms with Crippen LogP contribution in [0.3, 0.4) is 0 Å². The van der Waals surface area contributed by atoms with E-state index in [0.717, 1.165) is 11.1 Å². The van der Waals surface area contributed by atoms with Crippen molar-refractivity contribution in [2.45, 2.75) is 26.3 Å². The van der Waals surface area contributed by atoms with Gasteiger partial charge in [-0.2, -0.15) is 0 Å². The van der Waals surface area contributed by atoms with Gasteiger partial charge in [-0.15, -0.1) is 0 Å². The summed E-state index contributed by atoms with van der Waals surface area (Å²) in [5.41, 5.74) is 0.523. The van der Waals surface area contributed by atoms with E-state index in [2.05, 4.69) is 4.98 Å². The molecule has 1 heterocycles. The van der Waals surface area contributed by atoms with Crippen LogP contribution in [0.4, 0.5) is 0 Å². The molecule has 1 N–H and O–H groups in total. The molecule has 5 heteroatoms. The van der Waals surface area contributed by atoms with Gasteiger partial charge in [-0.05, 0) is 32.9 Å². The van der Waals surface area contributed by atoms with Crippen molar-refractivity contribution in [3.8, 4) is 0 Å². The molecule has 0 atom stereocenters. The number of carbonyl (C=O) groups excluding carboxylic acids is 1. The number of carboxylic acid groups (broad SMARTS) is 1. The Kier molecular flexibility index (Phi) is 3.68. The fourth-order valence-electron chi connectivity index (χ4n) is 2.00. The first-order chi connectivity index (χ1) is 9.75. The first kappa shape index (κ1) is 15.0. The van der Waals surface area contributed by atoms with Gasteiger partial charge in [0.2, 0.25) is 0 Å². The molecule has 0 radical (unpaired) electrons. The van der Waals surface area contributed by atoms with Gasteiger partial charge in [0, 0.05) is 18.1 Å². The molecule has 0 bridgehead atoms. The zero-order valence-corrected chi connectivity index (χ0v) is 12.5. The van der Waals surface area contributed by atoms with Crippen LogP contribution in [0.1, 0.15) is 29.9 Å². The Hall–Kier alpha value is -2.43. The summed E-state index contributed by atoms with van der Waals surface area (Å²) in [6, 6.07) is 9.10. The van der Waals surface area contributed by atoms with Crippen LogP contribution in [0, 0.1) is 6.92 Å². The molecule has 1 aromatic heterocycles. The number of aryl methyl sites for hydroxylation is 1. The monoisotopic (exact) mass is 286 g/mol. The first-order valence-electron chi connectivity index (χ1n) is 6.63. The van der Waals surface area contributed by atoms with Crippen molar-refractivity contribution in [1.82, 2.24) is 9.88 Å². The summed E-state index contributed by atoms with van der Waals surface area (Å²) in [4.78, 5) is 29.6. The predicted molar refractivity (Wildman–Crippen MR) is 80.3 cm³/mol. The van der Waals surface area contributed by atoms with Crippen LogP contribution in [0.25, 0.3) is 10.9 Å². The Balaban J connectivity index is 2.54. The molecule has 2 aromatic rings. The Morgan fingerprint density at radius 1 is 1.19 bits per heavy atom. The predicted octanol–water partition coefficient (Wildman–Crippen LogP) is 2.48. The van der Waals surface area contributed by atoms with Crippen LogP contribution < -0.4 is 0 Å². The maximum absolute atomic E-state index is 12.6. The van der Waals surface area contributed by atoms with E-state index in [1.54, 1.807) is 12.1 Å². The fourth-order valence-corrected chi connectivity index (χ4v) is 2.00. The summed E-state index contributed by atoms with van der Waals surface area (Å²) in [6.07, 6.45) is 0. The first-order valence-corrected chi connectivity index (χ1v) is 6.63. The van der Waals surface area contributed by atoms with Crippen LogP contribution >= 0.6 is 0 Å². The van der Waals surface area contributed by atoms with Crippen molar-refractivity contribution >= 4 is 22.8 Å². The highest BCUT2D eigenvalue weighted by molar-refractivity contribution is 6.06. The van der Waals surface area contributed by atoms with Gasteiger partial charge in [0.15, 0.2) is 0 Å². The summed E-state index contributed by atoms with van der Waals surface area (Å²) in [5, 5.41) is 10.1. The molecule has 1 amide bonds. The topological polar surface area (TPSA) is 70.5 Å². The fraction of sp³-hybridized carbons (Fsp3) is 0.312. The number of pyridine rings is 1. The quantitative estimate of drug-likeness (QED) is 0.941. The molecule has 0 aliphatic heterocycles. The van der Waals surface area contributed by atoms with Gasteiger partial charge in [0.05, 0.1) is 11.1 Å². The molecule has 5 nitrogen and oxygen atoms in total. The van der Waals surface area contributed by atoms with E-state index in [1.807, 2.05) is 25.1 Å². The minimum Gasteiger partial charge on any atom is -0.480 e. The molecule has 2 rings (SSSR count). The van der Waals surface area contributed by atoms with Crippen molar-refractivity contribution in [1.29, 1.82) is 0 Å². The Bertz CT molecular complexity index is 723. The molecule has 0 spiro atoms. The van der Waals surface area contributed by atoms with Gasteiger partial charge >= 0.3 is 5.97 Å². The molecule has 0 aliphatic rings. The summed E-state index contributed by atoms with van der Waals surface area (Å²) < 4.78 is 0. The normalized spacial score (nSPS) is 11.4. The number of hydrogen-bond acceptors (Lipinski definition) is 3. The zero-order valence-electron chi connectivity index (χ0n) is 12.5. The number of aliphatic carboxylic acids is 1. The lowest BCUT2D eigenvalue weighted by Crippen LogP contribution is -2.50. The number of fused-ring (bicyclic) bond motifs is 1. The van der Waals surface area contributed by atoms with E-state index < -0.39 is 11.5 Å². The number of amides is 1. The number of benzene rings is 1. The van der Waals surface area contributed by atoms with Crippen LogP contribution in [0.5, 0.6) is 0 Å². The van der Waals surface area contributed by atoms with E-state index in [4.69, 9.17) is 0 Å². The van der Waals surface area contributed by atoms with Crippen molar-refractivity contribution in [3.05, 3.63) is 41.6 Å². The molecule has 0 saturated carbocycles. The van der Waals surface area contributed by atoms with E-state index in [0.29, 0.717) is 11.1 Å². The van der Waals surface area contributed by atoms with E-state index in [9.17, 15) is 14.7 Å². The number of hydrogen-bond donors (Lipinski definition) is 1. The molecule has 0 fully saturated rings. The Morgan fingerprint density at radius 2 is 1.86 bits per heavy atom. The zero-order chi connectivity index (χ0) is 15.8. The molecule has 21 heavy (non-hydrogen) atoms. The third-order valence-electron chi connectivity index (χ3n) is 3.76. The molecule has 0 unspecified atom stereocenters. The largest absolute Gasteiger partial charge is 0.480 e. The lowest BCUT2D eigenvalue weighted by atomic mass is 10.0. The third-order valence-corrected chi connectivity index (χ3v) is 3.76. The Morgan fingerprint density at radius 3 is 2.48 bits per heavy atom. The van der Waals surface area contributed by atoms with Gasteiger partial charge < -0.3 is 10.0 Å². The second-order valence-corrected chi connectivity index (χ2v) is 5.56. The number of carboxylic acids is 1. The molecule has 0 aliphatic carbocycles. The number of nitrogens with zero attached hydrogens (tertiary/aromatic N) is 2. The van der Waals surface area contributed by atoms with Crippen molar-refractivity contribution in [2.24, 2.45) is 0 Å². The lowest BCUT2D eigenvalue weighted by Gasteiger charge is -2.31. The van der Waals surface area contributed by atoms with Crippen LogP contribution in [0.2, 0.25) is 0 Å². The Labute approximate surface area is 123 Å². The van der Waals surface area contributed by atoms with Gasteiger partial charge in [0.25, 0.3) is 5.91 Å². The van der Waals surface area contributed by atoms with Crippen LogP contribution in [-0.4, -0.2) is 39.5 Å². The van der Waals surface area contributed by atoms with Crippen molar-refractivity contribution < 1.29 is 14.7 Å². The lowest BCUT2D eigenvalue weighted by molar-refractivity contribution is -0.147. The molecule has 0 saturated heterocycles. The summed E-state index contributed by atoms with van der Waals surface area (Å²) in [6.45, 7) is 4.85. The third kappa shape index (κ3) is 2.59. The number of aromatic nitrogens is 1. The van der Waals surface area contributed by atoms with Crippen LogP contribution in [0.15, 0.2) is 30.3 Å². The second-order valence-electron chi connectivity index (χ2n) is 5.56. The maximum Gasteiger partial charge on any atom is 0.329 e. The summed E-state index contributed by atoms with van der Waals surface area (Å²) in [7, 11) is 1.49. The maximum atomic E-state index is 12.6. The number of para-hydroxylation sites is 1. The van der Waals surface area contributed by atoms with Gasteiger partial charge in [-0.3, -0.25) is 9.78 Å². The SMILES string of the molecule is Cc1ccc2cccc(C(=O)N(C)C(C)(C)C(=O)O)c2n1. The highest BCUT2D eigenvalue weighted by atomic mass is 16.4. The summed E-state index contributed by atoms with van der Waals surface area (Å²) in [5.74, 6) is -1.41. The van der Waals surface area contributed by atoms with Gasteiger partial charge in [-0.25, -0.2) is 4.79 Å². The molecule has 110 valence electrons. The minimum atomic E-state index is -1.29. The number of rotatable bonds is 3. The van der Waals surface area contributed by atoms with Crippen LogP contribution in [-0.2, 0) is 4.79 Å². The molecule has 1 aromatic carbocycles. The summed E-state index contributed by atoms with van der Waals surface area (Å²) >= 11 is 0. The standard InChI is InChI=1S/C16H18N2O3/c1-10-8-9-11-6-5-7-12(13(11)17-10)14(19)18(4)16(2,3)15(20)21/h5-9H,1-4H3,(H,20,21). The van der Waals surface area contributed by atoms with E-state index >= 15 is 0 Å². The van der Waals surface area contributed by atoms with Crippen molar-refractivity contribution in [3.63, 3.8) is 0 Å². The molecular weight excluding hydrogens is 268 g/mol. The highest BCUT2D eigenvalue weighted by Crippen LogP contribution is 2.22.